The predicted octanol–water partition coefficient (Wildman–Crippen LogP) is 1.17. The third kappa shape index (κ3) is 1.38. The van der Waals surface area contributed by atoms with Gasteiger partial charge in [-0.05, 0) is 36.2 Å². The number of methoxy groups -OCH3 is 1. The molecule has 0 saturated heterocycles. The molecule has 2 aliphatic rings. The second-order valence-corrected chi connectivity index (χ2v) is 4.15. The Kier molecular flexibility index (Phi) is 1.96. The molecule has 0 radical (unpaired) electrons. The summed E-state index contributed by atoms with van der Waals surface area (Å²) in [7, 11) is 1.64. The van der Waals surface area contributed by atoms with Crippen LogP contribution in [0.15, 0.2) is 29.4 Å². The van der Waals surface area contributed by atoms with Crippen LogP contribution < -0.4 is 10.2 Å². The van der Waals surface area contributed by atoms with Crippen LogP contribution in [0.3, 0.4) is 0 Å². The number of nitrogens with zero attached hydrogens (tertiary/aromatic N) is 1. The molecule has 3 rings (SSSR count). The van der Waals surface area contributed by atoms with Crippen molar-refractivity contribution in [1.29, 1.82) is 0 Å². The maximum Gasteiger partial charge on any atom is 0.243 e. The van der Waals surface area contributed by atoms with Crippen molar-refractivity contribution in [2.45, 2.75) is 6.42 Å². The third-order valence-electron chi connectivity index (χ3n) is 3.15. The number of hydrogen-bond acceptors (Lipinski definition) is 3. The summed E-state index contributed by atoms with van der Waals surface area (Å²) in [6, 6.07) is 7.77. The number of nitrogens with one attached hydrogen (secondary N) is 1. The number of carbonyl (C=O) groups is 1. The standard InChI is InChI=1S/C12H12N2O2/c1-16-8-4-2-7(3-5-8)11-9-6-10(9)12(15)14-13-11/h2-5,9-10H,6H2,1H3,(H,14,15)/t9-,10+/m1/s1. The van der Waals surface area contributed by atoms with Crippen molar-refractivity contribution in [2.75, 3.05) is 7.11 Å². The van der Waals surface area contributed by atoms with Gasteiger partial charge in [-0.15, -0.1) is 0 Å². The molecule has 1 saturated carbocycles. The van der Waals surface area contributed by atoms with Crippen LogP contribution in [-0.2, 0) is 4.79 Å². The molecule has 1 fully saturated rings. The molecule has 0 bridgehead atoms. The normalized spacial score (nSPS) is 26.6. The van der Waals surface area contributed by atoms with E-state index in [1.54, 1.807) is 7.11 Å². The zero-order valence-electron chi connectivity index (χ0n) is 8.93. The average molecular weight is 216 g/mol. The van der Waals surface area contributed by atoms with E-state index < -0.39 is 0 Å². The van der Waals surface area contributed by atoms with Gasteiger partial charge < -0.3 is 4.74 Å². The number of carbonyl (C=O) groups excluding carboxylic acids is 1. The van der Waals surface area contributed by atoms with Crippen LogP contribution >= 0.6 is 0 Å². The zero-order valence-corrected chi connectivity index (χ0v) is 8.93. The summed E-state index contributed by atoms with van der Waals surface area (Å²) in [4.78, 5) is 11.3. The molecular formula is C12H12N2O2. The molecule has 82 valence electrons. The van der Waals surface area contributed by atoms with E-state index in [2.05, 4.69) is 10.5 Å². The van der Waals surface area contributed by atoms with E-state index in [0.717, 1.165) is 23.4 Å². The number of amides is 1. The van der Waals surface area contributed by atoms with E-state index in [-0.39, 0.29) is 11.8 Å². The molecule has 1 aliphatic carbocycles. The molecule has 1 N–H and O–H groups in total. The van der Waals surface area contributed by atoms with E-state index in [1.807, 2.05) is 24.3 Å². The van der Waals surface area contributed by atoms with Crippen molar-refractivity contribution >= 4 is 11.6 Å². The minimum Gasteiger partial charge on any atom is -0.497 e. The van der Waals surface area contributed by atoms with Crippen LogP contribution in [0.4, 0.5) is 0 Å². The zero-order chi connectivity index (χ0) is 11.1. The van der Waals surface area contributed by atoms with E-state index in [0.29, 0.717) is 5.92 Å². The fraction of sp³-hybridized carbons (Fsp3) is 0.333. The Labute approximate surface area is 93.3 Å². The van der Waals surface area contributed by atoms with Crippen molar-refractivity contribution in [1.82, 2.24) is 5.43 Å². The number of hydrogen-bond donors (Lipinski definition) is 1. The van der Waals surface area contributed by atoms with Gasteiger partial charge in [-0.1, -0.05) is 0 Å². The highest BCUT2D eigenvalue weighted by Crippen LogP contribution is 2.43. The fourth-order valence-electron chi connectivity index (χ4n) is 2.11. The first kappa shape index (κ1) is 9.39. The van der Waals surface area contributed by atoms with Crippen molar-refractivity contribution in [3.8, 4) is 5.75 Å². The first-order valence-corrected chi connectivity index (χ1v) is 5.31. The Morgan fingerprint density at radius 2 is 2.06 bits per heavy atom. The SMILES string of the molecule is COc1ccc(C2=NNC(=O)[C@H]3C[C@@H]23)cc1. The summed E-state index contributed by atoms with van der Waals surface area (Å²) < 4.78 is 5.10. The Hall–Kier alpha value is -1.84. The molecule has 1 aromatic rings. The minimum absolute atomic E-state index is 0.0576. The monoisotopic (exact) mass is 216 g/mol. The highest BCUT2D eigenvalue weighted by Gasteiger charge is 2.49. The number of hydrazone groups is 1. The van der Waals surface area contributed by atoms with Gasteiger partial charge in [-0.2, -0.15) is 5.10 Å². The first-order valence-electron chi connectivity index (χ1n) is 5.31. The van der Waals surface area contributed by atoms with Crippen molar-refractivity contribution in [2.24, 2.45) is 16.9 Å². The van der Waals surface area contributed by atoms with Crippen LogP contribution in [0.25, 0.3) is 0 Å². The molecular weight excluding hydrogens is 204 g/mol. The van der Waals surface area contributed by atoms with E-state index in [4.69, 9.17) is 4.74 Å². The molecule has 16 heavy (non-hydrogen) atoms. The third-order valence-corrected chi connectivity index (χ3v) is 3.15. The number of benzene rings is 1. The van der Waals surface area contributed by atoms with Crippen LogP contribution in [0.2, 0.25) is 0 Å². The molecule has 4 heteroatoms. The molecule has 1 aliphatic heterocycles. The van der Waals surface area contributed by atoms with Crippen molar-refractivity contribution in [3.63, 3.8) is 0 Å². The van der Waals surface area contributed by atoms with Gasteiger partial charge >= 0.3 is 0 Å². The quantitative estimate of drug-likeness (QED) is 0.806. The molecule has 0 aromatic heterocycles. The first-order chi connectivity index (χ1) is 7.79. The summed E-state index contributed by atoms with van der Waals surface area (Å²) >= 11 is 0. The Bertz CT molecular complexity index is 464. The van der Waals surface area contributed by atoms with Crippen molar-refractivity contribution < 1.29 is 9.53 Å². The van der Waals surface area contributed by atoms with Gasteiger partial charge in [0.25, 0.3) is 0 Å². The van der Waals surface area contributed by atoms with Crippen LogP contribution in [0.5, 0.6) is 5.75 Å². The molecule has 4 nitrogen and oxygen atoms in total. The average Bonchev–Trinajstić information content (AvgIpc) is 3.11. The molecule has 0 spiro atoms. The largest absolute Gasteiger partial charge is 0.497 e. The minimum atomic E-state index is 0.0576. The highest BCUT2D eigenvalue weighted by molar-refractivity contribution is 6.09. The smallest absolute Gasteiger partial charge is 0.243 e. The fourth-order valence-corrected chi connectivity index (χ4v) is 2.11. The van der Waals surface area contributed by atoms with Gasteiger partial charge in [-0.25, -0.2) is 5.43 Å². The van der Waals surface area contributed by atoms with E-state index >= 15 is 0 Å². The number of ether oxygens (including phenoxy) is 1. The predicted molar refractivity (Wildman–Crippen MR) is 59.3 cm³/mol. The lowest BCUT2D eigenvalue weighted by Crippen LogP contribution is -2.28. The molecule has 1 heterocycles. The number of fused-ring (bicyclic) bond motifs is 1. The van der Waals surface area contributed by atoms with Gasteiger partial charge in [-0.3, -0.25) is 4.79 Å². The lowest BCUT2D eigenvalue weighted by atomic mass is 10.0. The lowest BCUT2D eigenvalue weighted by Gasteiger charge is -2.11. The topological polar surface area (TPSA) is 50.7 Å². The summed E-state index contributed by atoms with van der Waals surface area (Å²) in [5.74, 6) is 1.36. The van der Waals surface area contributed by atoms with Crippen LogP contribution in [0.1, 0.15) is 12.0 Å². The summed E-state index contributed by atoms with van der Waals surface area (Å²) in [5.41, 5.74) is 4.62. The second kappa shape index (κ2) is 3.33. The van der Waals surface area contributed by atoms with Crippen LogP contribution in [-0.4, -0.2) is 18.7 Å². The lowest BCUT2D eigenvalue weighted by molar-refractivity contribution is -0.122. The Balaban J connectivity index is 1.90. The summed E-state index contributed by atoms with van der Waals surface area (Å²) in [6.45, 7) is 0. The second-order valence-electron chi connectivity index (χ2n) is 4.15. The summed E-state index contributed by atoms with van der Waals surface area (Å²) in [6.07, 6.45) is 0.927. The van der Waals surface area contributed by atoms with E-state index in [1.165, 1.54) is 0 Å². The maximum atomic E-state index is 11.3. The molecule has 1 aromatic carbocycles. The number of rotatable bonds is 2. The summed E-state index contributed by atoms with van der Waals surface area (Å²) in [5, 5.41) is 4.14. The molecule has 0 unspecified atom stereocenters. The van der Waals surface area contributed by atoms with Gasteiger partial charge in [0.05, 0.1) is 12.8 Å². The maximum absolute atomic E-state index is 11.3. The Morgan fingerprint density at radius 3 is 2.75 bits per heavy atom. The van der Waals surface area contributed by atoms with Gasteiger partial charge in [0, 0.05) is 11.8 Å². The van der Waals surface area contributed by atoms with E-state index in [9.17, 15) is 4.79 Å². The molecule has 1 amide bonds. The van der Waals surface area contributed by atoms with Crippen molar-refractivity contribution in [3.05, 3.63) is 29.8 Å². The Morgan fingerprint density at radius 1 is 1.31 bits per heavy atom. The van der Waals surface area contributed by atoms with Gasteiger partial charge in [0.1, 0.15) is 5.75 Å². The van der Waals surface area contributed by atoms with Crippen LogP contribution in [0, 0.1) is 11.8 Å². The molecule has 2 atom stereocenters. The highest BCUT2D eigenvalue weighted by atomic mass is 16.5. The van der Waals surface area contributed by atoms with Gasteiger partial charge in [0.2, 0.25) is 5.91 Å². The van der Waals surface area contributed by atoms with Gasteiger partial charge in [0.15, 0.2) is 0 Å².